The van der Waals surface area contributed by atoms with Crippen molar-refractivity contribution in [2.45, 2.75) is 60.5 Å². The molecule has 108 valence electrons. The first kappa shape index (κ1) is 17.6. The Hall–Kier alpha value is -1.38. The Balaban J connectivity index is 5.16. The standard InChI is InChI=1S/C16H27NO2/c1-12(15(2,3)4)13(9-10-17-8)11-14(18)19-16(5,6)7/h9-10H,8,11H2,1-7H3/b10-9-,13-12-. The lowest BCUT2D eigenvalue weighted by Crippen LogP contribution is -2.24. The number of hydrogen-bond donors (Lipinski definition) is 0. The Kier molecular flexibility index (Phi) is 6.20. The summed E-state index contributed by atoms with van der Waals surface area (Å²) in [5.41, 5.74) is 1.63. The molecule has 0 heterocycles. The number of aliphatic imine (C=N–C) groups is 1. The average molecular weight is 265 g/mol. The summed E-state index contributed by atoms with van der Waals surface area (Å²) in [5, 5.41) is 0. The van der Waals surface area contributed by atoms with Gasteiger partial charge in [0.1, 0.15) is 5.60 Å². The van der Waals surface area contributed by atoms with Gasteiger partial charge in [-0.3, -0.25) is 9.79 Å². The van der Waals surface area contributed by atoms with E-state index in [0.29, 0.717) is 0 Å². The normalized spacial score (nSPS) is 14.3. The van der Waals surface area contributed by atoms with E-state index in [-0.39, 0.29) is 17.8 Å². The molecule has 0 saturated carbocycles. The van der Waals surface area contributed by atoms with Gasteiger partial charge in [-0.2, -0.15) is 0 Å². The number of hydrogen-bond acceptors (Lipinski definition) is 3. The van der Waals surface area contributed by atoms with Crippen molar-refractivity contribution in [2.75, 3.05) is 0 Å². The van der Waals surface area contributed by atoms with Gasteiger partial charge in [0.2, 0.25) is 0 Å². The van der Waals surface area contributed by atoms with Crippen LogP contribution in [0.1, 0.15) is 54.9 Å². The molecule has 0 N–H and O–H groups in total. The molecule has 0 fully saturated rings. The third kappa shape index (κ3) is 7.60. The van der Waals surface area contributed by atoms with Gasteiger partial charge in [-0.05, 0) is 51.5 Å². The number of ether oxygens (including phenoxy) is 1. The second-order valence-electron chi connectivity index (χ2n) is 6.66. The van der Waals surface area contributed by atoms with Crippen LogP contribution in [0.25, 0.3) is 0 Å². The van der Waals surface area contributed by atoms with Gasteiger partial charge in [0.25, 0.3) is 0 Å². The van der Waals surface area contributed by atoms with Crippen molar-refractivity contribution < 1.29 is 9.53 Å². The highest BCUT2D eigenvalue weighted by molar-refractivity contribution is 5.74. The number of carbonyl (C=O) groups excluding carboxylic acids is 1. The number of esters is 1. The van der Waals surface area contributed by atoms with E-state index >= 15 is 0 Å². The fourth-order valence-electron chi connectivity index (χ4n) is 1.47. The Morgan fingerprint density at radius 1 is 1.21 bits per heavy atom. The van der Waals surface area contributed by atoms with Gasteiger partial charge in [-0.25, -0.2) is 0 Å². The third-order valence-electron chi connectivity index (χ3n) is 2.74. The molecule has 0 amide bonds. The molecule has 0 aliphatic carbocycles. The maximum Gasteiger partial charge on any atom is 0.310 e. The Labute approximate surface area is 117 Å². The smallest absolute Gasteiger partial charge is 0.310 e. The van der Waals surface area contributed by atoms with E-state index in [1.807, 2.05) is 33.8 Å². The zero-order chi connectivity index (χ0) is 15.3. The van der Waals surface area contributed by atoms with Crippen molar-refractivity contribution in [3.8, 4) is 0 Å². The summed E-state index contributed by atoms with van der Waals surface area (Å²) in [4.78, 5) is 15.6. The average Bonchev–Trinajstić information content (AvgIpc) is 2.19. The zero-order valence-corrected chi connectivity index (χ0v) is 13.3. The molecule has 0 aromatic carbocycles. The van der Waals surface area contributed by atoms with Crippen molar-refractivity contribution in [1.29, 1.82) is 0 Å². The summed E-state index contributed by atoms with van der Waals surface area (Å²) in [5.74, 6) is -0.222. The molecule has 0 saturated heterocycles. The summed E-state index contributed by atoms with van der Waals surface area (Å²) in [6.07, 6.45) is 3.69. The minimum Gasteiger partial charge on any atom is -0.460 e. The van der Waals surface area contributed by atoms with Crippen molar-refractivity contribution in [1.82, 2.24) is 0 Å². The predicted octanol–water partition coefficient (Wildman–Crippen LogP) is 4.30. The lowest BCUT2D eigenvalue weighted by molar-refractivity contribution is -0.153. The van der Waals surface area contributed by atoms with Crippen LogP contribution < -0.4 is 0 Å². The summed E-state index contributed by atoms with van der Waals surface area (Å²) in [6, 6.07) is 0. The van der Waals surface area contributed by atoms with Gasteiger partial charge in [0.15, 0.2) is 0 Å². The lowest BCUT2D eigenvalue weighted by Gasteiger charge is -2.24. The molecule has 0 aromatic rings. The van der Waals surface area contributed by atoms with Crippen LogP contribution in [0.3, 0.4) is 0 Å². The summed E-state index contributed by atoms with van der Waals surface area (Å²) in [6.45, 7) is 17.4. The highest BCUT2D eigenvalue weighted by Gasteiger charge is 2.21. The van der Waals surface area contributed by atoms with Crippen LogP contribution in [0, 0.1) is 5.41 Å². The van der Waals surface area contributed by atoms with E-state index in [1.54, 1.807) is 6.20 Å². The minimum absolute atomic E-state index is 0.00283. The molecule has 0 spiro atoms. The minimum atomic E-state index is -0.460. The van der Waals surface area contributed by atoms with Crippen LogP contribution in [0.4, 0.5) is 0 Å². The molecule has 19 heavy (non-hydrogen) atoms. The fourth-order valence-corrected chi connectivity index (χ4v) is 1.47. The molecular formula is C16H27NO2. The van der Waals surface area contributed by atoms with Gasteiger partial charge >= 0.3 is 5.97 Å². The van der Waals surface area contributed by atoms with Crippen LogP contribution in [0.15, 0.2) is 28.4 Å². The molecule has 0 rings (SSSR count). The Morgan fingerprint density at radius 3 is 2.11 bits per heavy atom. The quantitative estimate of drug-likeness (QED) is 0.432. The molecule has 0 aliphatic heterocycles. The molecule has 0 unspecified atom stereocenters. The predicted molar refractivity (Wildman–Crippen MR) is 81.3 cm³/mol. The van der Waals surface area contributed by atoms with Crippen molar-refractivity contribution in [3.63, 3.8) is 0 Å². The highest BCUT2D eigenvalue weighted by atomic mass is 16.6. The zero-order valence-electron chi connectivity index (χ0n) is 13.3. The first-order chi connectivity index (χ1) is 8.47. The number of carbonyl (C=O) groups is 1. The number of allylic oxidation sites excluding steroid dienone is 2. The van der Waals surface area contributed by atoms with Crippen LogP contribution in [-0.4, -0.2) is 18.3 Å². The maximum atomic E-state index is 11.9. The van der Waals surface area contributed by atoms with E-state index in [0.717, 1.165) is 11.1 Å². The van der Waals surface area contributed by atoms with Gasteiger partial charge in [-0.1, -0.05) is 26.3 Å². The molecule has 3 nitrogen and oxygen atoms in total. The lowest BCUT2D eigenvalue weighted by atomic mass is 9.83. The molecule has 0 aromatic heterocycles. The fraction of sp³-hybridized carbons (Fsp3) is 0.625. The molecular weight excluding hydrogens is 238 g/mol. The van der Waals surface area contributed by atoms with Gasteiger partial charge in [0.05, 0.1) is 6.42 Å². The first-order valence-corrected chi connectivity index (χ1v) is 6.52. The van der Waals surface area contributed by atoms with Crippen LogP contribution in [0.2, 0.25) is 0 Å². The second-order valence-corrected chi connectivity index (χ2v) is 6.66. The molecule has 3 heteroatoms. The van der Waals surface area contributed by atoms with Crippen LogP contribution in [-0.2, 0) is 9.53 Å². The molecule has 0 aliphatic rings. The largest absolute Gasteiger partial charge is 0.460 e. The van der Waals surface area contributed by atoms with Crippen LogP contribution in [0.5, 0.6) is 0 Å². The van der Waals surface area contributed by atoms with Crippen molar-refractivity contribution in [2.24, 2.45) is 10.4 Å². The molecule has 0 atom stereocenters. The number of nitrogens with zero attached hydrogens (tertiary/aromatic N) is 1. The monoisotopic (exact) mass is 265 g/mol. The third-order valence-corrected chi connectivity index (χ3v) is 2.74. The summed E-state index contributed by atoms with van der Waals surface area (Å²) < 4.78 is 5.36. The van der Waals surface area contributed by atoms with Gasteiger partial charge < -0.3 is 4.74 Å². The van der Waals surface area contributed by atoms with E-state index in [9.17, 15) is 4.79 Å². The second kappa shape index (κ2) is 6.69. The summed E-state index contributed by atoms with van der Waals surface area (Å²) in [7, 11) is 0. The summed E-state index contributed by atoms with van der Waals surface area (Å²) >= 11 is 0. The Morgan fingerprint density at radius 2 is 1.74 bits per heavy atom. The maximum absolute atomic E-state index is 11.9. The topological polar surface area (TPSA) is 38.7 Å². The first-order valence-electron chi connectivity index (χ1n) is 6.52. The van der Waals surface area contributed by atoms with Gasteiger partial charge in [0, 0.05) is 6.20 Å². The Bertz CT molecular complexity index is 390. The number of rotatable bonds is 4. The molecule has 0 bridgehead atoms. The van der Waals surface area contributed by atoms with Gasteiger partial charge in [-0.15, -0.1) is 0 Å². The highest BCUT2D eigenvalue weighted by Crippen LogP contribution is 2.29. The van der Waals surface area contributed by atoms with Crippen molar-refractivity contribution >= 4 is 12.7 Å². The molecule has 0 radical (unpaired) electrons. The van der Waals surface area contributed by atoms with E-state index in [1.165, 1.54) is 0 Å². The van der Waals surface area contributed by atoms with Crippen molar-refractivity contribution in [3.05, 3.63) is 23.4 Å². The van der Waals surface area contributed by atoms with Crippen LogP contribution >= 0.6 is 0 Å². The van der Waals surface area contributed by atoms with E-state index < -0.39 is 5.60 Å². The SMILES string of the molecule is C=N/C=C\C(CC(=O)OC(C)(C)C)=C(/C)C(C)(C)C. The van der Waals surface area contributed by atoms with E-state index in [2.05, 4.69) is 32.5 Å². The van der Waals surface area contributed by atoms with E-state index in [4.69, 9.17) is 4.74 Å².